The molecule has 0 fully saturated rings. The molecule has 0 bridgehead atoms. The molecule has 0 saturated heterocycles. The fourth-order valence-corrected chi connectivity index (χ4v) is 1.92. The topological polar surface area (TPSA) is 50.7 Å². The molecule has 0 amide bonds. The highest BCUT2D eigenvalue weighted by Crippen LogP contribution is 2.31. The second-order valence-electron chi connectivity index (χ2n) is 3.31. The van der Waals surface area contributed by atoms with Gasteiger partial charge in [-0.3, -0.25) is 0 Å². The van der Waals surface area contributed by atoms with Gasteiger partial charge in [-0.25, -0.2) is 15.0 Å². The highest BCUT2D eigenvalue weighted by atomic mass is 35.5. The van der Waals surface area contributed by atoms with E-state index in [0.717, 1.165) is 12.1 Å². The fourth-order valence-electron chi connectivity index (χ4n) is 1.38. The van der Waals surface area contributed by atoms with E-state index in [-0.39, 0.29) is 0 Å². The van der Waals surface area contributed by atoms with Crippen LogP contribution in [0, 0.1) is 0 Å². The molecular weight excluding hydrogens is 259 g/mol. The molecular formula is C11H10Cl2N4. The SMILES string of the molecule is CCNc1nc(-c2cncnc2)c(Cl)cc1Cl. The van der Waals surface area contributed by atoms with E-state index in [0.29, 0.717) is 21.6 Å². The lowest BCUT2D eigenvalue weighted by Crippen LogP contribution is -2.01. The van der Waals surface area contributed by atoms with Crippen molar-refractivity contribution in [3.05, 3.63) is 34.8 Å². The Morgan fingerprint density at radius 3 is 2.53 bits per heavy atom. The van der Waals surface area contributed by atoms with Crippen molar-refractivity contribution in [1.82, 2.24) is 15.0 Å². The number of anilines is 1. The molecule has 2 heterocycles. The van der Waals surface area contributed by atoms with Crippen molar-refractivity contribution in [2.24, 2.45) is 0 Å². The van der Waals surface area contributed by atoms with E-state index >= 15 is 0 Å². The molecule has 6 heteroatoms. The average Bonchev–Trinajstić information content (AvgIpc) is 2.34. The molecule has 17 heavy (non-hydrogen) atoms. The molecule has 0 spiro atoms. The second-order valence-corrected chi connectivity index (χ2v) is 4.12. The Morgan fingerprint density at radius 1 is 1.18 bits per heavy atom. The predicted octanol–water partition coefficient (Wildman–Crippen LogP) is 3.28. The minimum absolute atomic E-state index is 0.478. The van der Waals surface area contributed by atoms with E-state index in [4.69, 9.17) is 23.2 Å². The van der Waals surface area contributed by atoms with Gasteiger partial charge in [0.1, 0.15) is 12.1 Å². The van der Waals surface area contributed by atoms with Gasteiger partial charge in [0.05, 0.1) is 15.7 Å². The molecule has 88 valence electrons. The molecule has 0 aromatic carbocycles. The zero-order valence-corrected chi connectivity index (χ0v) is 10.6. The summed E-state index contributed by atoms with van der Waals surface area (Å²) in [5.41, 5.74) is 1.38. The van der Waals surface area contributed by atoms with Gasteiger partial charge in [0.15, 0.2) is 0 Å². The minimum Gasteiger partial charge on any atom is -0.369 e. The highest BCUT2D eigenvalue weighted by Gasteiger charge is 2.10. The van der Waals surface area contributed by atoms with Gasteiger partial charge in [-0.05, 0) is 13.0 Å². The standard InChI is InChI=1S/C11H10Cl2N4/c1-2-16-11-9(13)3-8(12)10(17-11)7-4-14-6-15-5-7/h3-6H,2H2,1H3,(H,16,17). The molecule has 2 rings (SSSR count). The van der Waals surface area contributed by atoms with E-state index < -0.39 is 0 Å². The van der Waals surface area contributed by atoms with Crippen molar-refractivity contribution in [3.63, 3.8) is 0 Å². The molecule has 1 N–H and O–H groups in total. The van der Waals surface area contributed by atoms with Gasteiger partial charge in [-0.1, -0.05) is 23.2 Å². The zero-order chi connectivity index (χ0) is 12.3. The number of hydrogen-bond donors (Lipinski definition) is 1. The number of rotatable bonds is 3. The minimum atomic E-state index is 0.478. The molecule has 0 atom stereocenters. The third-order valence-electron chi connectivity index (χ3n) is 2.11. The van der Waals surface area contributed by atoms with Crippen LogP contribution >= 0.6 is 23.2 Å². The molecule has 4 nitrogen and oxygen atoms in total. The predicted molar refractivity (Wildman–Crippen MR) is 69.4 cm³/mol. The van der Waals surface area contributed by atoms with Crippen LogP contribution in [0.2, 0.25) is 10.0 Å². The van der Waals surface area contributed by atoms with Crippen LogP contribution in [0.25, 0.3) is 11.3 Å². The van der Waals surface area contributed by atoms with Gasteiger partial charge in [0.25, 0.3) is 0 Å². The molecule has 0 saturated carbocycles. The fraction of sp³-hybridized carbons (Fsp3) is 0.182. The van der Waals surface area contributed by atoms with Crippen molar-refractivity contribution in [2.75, 3.05) is 11.9 Å². The summed E-state index contributed by atoms with van der Waals surface area (Å²) in [7, 11) is 0. The number of hydrogen-bond acceptors (Lipinski definition) is 4. The van der Waals surface area contributed by atoms with Crippen LogP contribution in [0.3, 0.4) is 0 Å². The quantitative estimate of drug-likeness (QED) is 0.929. The lowest BCUT2D eigenvalue weighted by Gasteiger charge is -2.09. The second kappa shape index (κ2) is 5.29. The molecule has 2 aromatic heterocycles. The van der Waals surface area contributed by atoms with Crippen LogP contribution in [-0.4, -0.2) is 21.5 Å². The summed E-state index contributed by atoms with van der Waals surface area (Å²) >= 11 is 12.1. The Hall–Kier alpha value is -1.39. The summed E-state index contributed by atoms with van der Waals surface area (Å²) in [5.74, 6) is 0.609. The first-order valence-corrected chi connectivity index (χ1v) is 5.83. The summed E-state index contributed by atoms with van der Waals surface area (Å²) in [6.07, 6.45) is 4.77. The van der Waals surface area contributed by atoms with Crippen molar-refractivity contribution in [2.45, 2.75) is 6.92 Å². The summed E-state index contributed by atoms with van der Waals surface area (Å²) < 4.78 is 0. The van der Waals surface area contributed by atoms with Crippen LogP contribution in [-0.2, 0) is 0 Å². The molecule has 0 aliphatic heterocycles. The number of halogens is 2. The molecule has 0 aliphatic carbocycles. The van der Waals surface area contributed by atoms with Crippen molar-refractivity contribution in [1.29, 1.82) is 0 Å². The molecule has 0 radical (unpaired) electrons. The molecule has 2 aromatic rings. The summed E-state index contributed by atoms with van der Waals surface area (Å²) in [4.78, 5) is 12.3. The van der Waals surface area contributed by atoms with E-state index in [1.165, 1.54) is 6.33 Å². The highest BCUT2D eigenvalue weighted by molar-refractivity contribution is 6.37. The van der Waals surface area contributed by atoms with Gasteiger partial charge in [-0.2, -0.15) is 0 Å². The summed E-state index contributed by atoms with van der Waals surface area (Å²) in [6.45, 7) is 2.71. The first-order valence-electron chi connectivity index (χ1n) is 5.07. The third-order valence-corrected chi connectivity index (χ3v) is 2.68. The Morgan fingerprint density at radius 2 is 1.88 bits per heavy atom. The first-order chi connectivity index (χ1) is 8.22. The number of aromatic nitrogens is 3. The Kier molecular flexibility index (Phi) is 3.76. The largest absolute Gasteiger partial charge is 0.369 e. The van der Waals surface area contributed by atoms with Crippen LogP contribution in [0.15, 0.2) is 24.8 Å². The van der Waals surface area contributed by atoms with E-state index in [1.807, 2.05) is 6.92 Å². The number of nitrogens with zero attached hydrogens (tertiary/aromatic N) is 3. The van der Waals surface area contributed by atoms with Crippen LogP contribution < -0.4 is 5.32 Å². The Bertz CT molecular complexity index is 516. The maximum Gasteiger partial charge on any atom is 0.145 e. The first kappa shape index (κ1) is 12.1. The van der Waals surface area contributed by atoms with Crippen LogP contribution in [0.5, 0.6) is 0 Å². The van der Waals surface area contributed by atoms with E-state index in [2.05, 4.69) is 20.3 Å². The molecule has 0 unspecified atom stereocenters. The lowest BCUT2D eigenvalue weighted by molar-refractivity contribution is 1.14. The smallest absolute Gasteiger partial charge is 0.145 e. The van der Waals surface area contributed by atoms with Gasteiger partial charge in [0.2, 0.25) is 0 Å². The van der Waals surface area contributed by atoms with Gasteiger partial charge in [-0.15, -0.1) is 0 Å². The zero-order valence-electron chi connectivity index (χ0n) is 9.11. The van der Waals surface area contributed by atoms with Crippen LogP contribution in [0.1, 0.15) is 6.92 Å². The summed E-state index contributed by atoms with van der Waals surface area (Å²) in [6, 6.07) is 1.66. The Balaban J connectivity index is 2.51. The monoisotopic (exact) mass is 268 g/mol. The third kappa shape index (κ3) is 2.65. The van der Waals surface area contributed by atoms with Gasteiger partial charge in [0, 0.05) is 24.5 Å². The number of nitrogens with one attached hydrogen (secondary N) is 1. The summed E-state index contributed by atoms with van der Waals surface area (Å²) in [5, 5.41) is 4.05. The van der Waals surface area contributed by atoms with Crippen molar-refractivity contribution >= 4 is 29.0 Å². The van der Waals surface area contributed by atoms with Crippen molar-refractivity contribution in [3.8, 4) is 11.3 Å². The van der Waals surface area contributed by atoms with E-state index in [1.54, 1.807) is 18.5 Å². The average molecular weight is 269 g/mol. The van der Waals surface area contributed by atoms with Gasteiger partial charge >= 0.3 is 0 Å². The normalized spacial score (nSPS) is 10.3. The molecule has 0 aliphatic rings. The Labute approximate surface area is 109 Å². The lowest BCUT2D eigenvalue weighted by atomic mass is 10.2. The maximum atomic E-state index is 6.11. The maximum absolute atomic E-state index is 6.11. The van der Waals surface area contributed by atoms with Crippen molar-refractivity contribution < 1.29 is 0 Å². The number of pyridine rings is 1. The van der Waals surface area contributed by atoms with Gasteiger partial charge < -0.3 is 5.32 Å². The van der Waals surface area contributed by atoms with Crippen LogP contribution in [0.4, 0.5) is 5.82 Å². The van der Waals surface area contributed by atoms with E-state index in [9.17, 15) is 0 Å².